The maximum Gasteiger partial charge on any atom is 0.359 e. The van der Waals surface area contributed by atoms with Crippen molar-refractivity contribution in [1.29, 1.82) is 0 Å². The predicted octanol–water partition coefficient (Wildman–Crippen LogP) is 2.94. The average molecular weight is 499 g/mol. The van der Waals surface area contributed by atoms with Gasteiger partial charge < -0.3 is 29.0 Å². The molecule has 194 valence electrons. The normalized spacial score (nSPS) is 20.3. The third-order valence-electron chi connectivity index (χ3n) is 7.24. The molecule has 10 nitrogen and oxygen atoms in total. The Bertz CT molecular complexity index is 1140. The number of hydrogen-bond donors (Lipinski definition) is 1. The van der Waals surface area contributed by atoms with Gasteiger partial charge in [-0.1, -0.05) is 25.7 Å². The first-order chi connectivity index (χ1) is 17.3. The number of imidazole rings is 1. The second-order valence-corrected chi connectivity index (χ2v) is 9.57. The Hall–Kier alpha value is -3.56. The first kappa shape index (κ1) is 25.5. The Morgan fingerprint density at radius 1 is 1.11 bits per heavy atom. The standard InChI is InChI=1S/C26H34N4O6/c1-26(25(33)28-18-9-7-5-6-8-10-18)15-29-16-27-21(24(32)36-4)22(29)23(31)30(26)14-17-11-12-19(34-2)13-20(17)35-3/h11-13,16,18H,5-10,14-15H2,1-4H3,(H,28,33)/t26-/m1/s1. The number of ether oxygens (including phenoxy) is 3. The van der Waals surface area contributed by atoms with E-state index in [4.69, 9.17) is 14.2 Å². The van der Waals surface area contributed by atoms with E-state index in [1.807, 2.05) is 6.07 Å². The van der Waals surface area contributed by atoms with E-state index in [1.54, 1.807) is 37.8 Å². The number of carbonyl (C=O) groups excluding carboxylic acids is 3. The molecule has 1 aliphatic carbocycles. The van der Waals surface area contributed by atoms with Crippen molar-refractivity contribution in [2.45, 2.75) is 70.1 Å². The largest absolute Gasteiger partial charge is 0.497 e. The van der Waals surface area contributed by atoms with Gasteiger partial charge in [-0.25, -0.2) is 9.78 Å². The molecule has 0 spiro atoms. The molecule has 0 radical (unpaired) electrons. The molecule has 1 aromatic carbocycles. The fraction of sp³-hybridized carbons (Fsp3) is 0.538. The highest BCUT2D eigenvalue weighted by atomic mass is 16.5. The SMILES string of the molecule is COC(=O)c1ncn2c1C(=O)N(Cc1ccc(OC)cc1OC)[C@@](C)(C(=O)NC1CCCCCC1)C2. The molecule has 2 aliphatic rings. The highest BCUT2D eigenvalue weighted by Gasteiger charge is 2.49. The van der Waals surface area contributed by atoms with Crippen molar-refractivity contribution < 1.29 is 28.6 Å². The van der Waals surface area contributed by atoms with E-state index in [9.17, 15) is 14.4 Å². The van der Waals surface area contributed by atoms with Crippen molar-refractivity contribution in [3.05, 3.63) is 41.5 Å². The lowest BCUT2D eigenvalue weighted by Gasteiger charge is -2.44. The lowest BCUT2D eigenvalue weighted by atomic mass is 9.92. The smallest absolute Gasteiger partial charge is 0.359 e. The topological polar surface area (TPSA) is 112 Å². The summed E-state index contributed by atoms with van der Waals surface area (Å²) in [5, 5.41) is 3.21. The molecule has 1 N–H and O–H groups in total. The second-order valence-electron chi connectivity index (χ2n) is 9.57. The summed E-state index contributed by atoms with van der Waals surface area (Å²) in [5.74, 6) is -0.267. The molecule has 10 heteroatoms. The number of nitrogens with one attached hydrogen (secondary N) is 1. The van der Waals surface area contributed by atoms with Crippen molar-refractivity contribution >= 4 is 17.8 Å². The van der Waals surface area contributed by atoms with Gasteiger partial charge in [-0.3, -0.25) is 9.59 Å². The van der Waals surface area contributed by atoms with Gasteiger partial charge in [0.25, 0.3) is 5.91 Å². The number of hydrogen-bond acceptors (Lipinski definition) is 7. The number of methoxy groups -OCH3 is 3. The van der Waals surface area contributed by atoms with Gasteiger partial charge in [0.15, 0.2) is 5.69 Å². The van der Waals surface area contributed by atoms with Gasteiger partial charge in [-0.05, 0) is 31.9 Å². The lowest BCUT2D eigenvalue weighted by molar-refractivity contribution is -0.134. The minimum absolute atomic E-state index is 0.0686. The molecule has 1 atom stereocenters. The van der Waals surface area contributed by atoms with E-state index in [0.717, 1.165) is 25.7 Å². The molecule has 2 amide bonds. The van der Waals surface area contributed by atoms with Crippen molar-refractivity contribution in [2.75, 3.05) is 21.3 Å². The van der Waals surface area contributed by atoms with Crippen LogP contribution in [0.5, 0.6) is 11.5 Å². The third kappa shape index (κ3) is 4.76. The van der Waals surface area contributed by atoms with Crippen molar-refractivity contribution in [2.24, 2.45) is 0 Å². The summed E-state index contributed by atoms with van der Waals surface area (Å²) < 4.78 is 17.3. The van der Waals surface area contributed by atoms with Crippen LogP contribution in [0.4, 0.5) is 0 Å². The molecule has 0 bridgehead atoms. The Morgan fingerprint density at radius 3 is 2.47 bits per heavy atom. The van der Waals surface area contributed by atoms with Crippen molar-refractivity contribution in [3.63, 3.8) is 0 Å². The van der Waals surface area contributed by atoms with E-state index in [-0.39, 0.29) is 36.4 Å². The zero-order valence-electron chi connectivity index (χ0n) is 21.3. The number of aromatic nitrogens is 2. The van der Waals surface area contributed by atoms with E-state index in [2.05, 4.69) is 10.3 Å². The van der Waals surface area contributed by atoms with Crippen LogP contribution in [0.25, 0.3) is 0 Å². The van der Waals surface area contributed by atoms with Gasteiger partial charge in [-0.15, -0.1) is 0 Å². The first-order valence-corrected chi connectivity index (χ1v) is 12.3. The number of benzene rings is 1. The van der Waals surface area contributed by atoms with Gasteiger partial charge in [0.05, 0.1) is 40.7 Å². The lowest BCUT2D eigenvalue weighted by Crippen LogP contribution is -2.64. The summed E-state index contributed by atoms with van der Waals surface area (Å²) in [6.45, 7) is 2.00. The molecule has 1 aromatic heterocycles. The molecular weight excluding hydrogens is 464 g/mol. The predicted molar refractivity (Wildman–Crippen MR) is 131 cm³/mol. The zero-order valence-corrected chi connectivity index (χ0v) is 21.3. The van der Waals surface area contributed by atoms with E-state index >= 15 is 0 Å². The van der Waals surface area contributed by atoms with Crippen LogP contribution in [0.2, 0.25) is 0 Å². The number of nitrogens with zero attached hydrogens (tertiary/aromatic N) is 3. The number of rotatable bonds is 7. The van der Waals surface area contributed by atoms with Gasteiger partial charge in [0, 0.05) is 17.7 Å². The Morgan fingerprint density at radius 2 is 1.83 bits per heavy atom. The van der Waals surface area contributed by atoms with Crippen LogP contribution < -0.4 is 14.8 Å². The Kier molecular flexibility index (Phi) is 7.51. The first-order valence-electron chi connectivity index (χ1n) is 12.3. The summed E-state index contributed by atoms with van der Waals surface area (Å²) in [4.78, 5) is 45.7. The molecule has 0 saturated heterocycles. The minimum Gasteiger partial charge on any atom is -0.497 e. The van der Waals surface area contributed by atoms with E-state index in [1.165, 1.54) is 31.2 Å². The van der Waals surface area contributed by atoms with Crippen LogP contribution in [0.1, 0.15) is 72.0 Å². The minimum atomic E-state index is -1.23. The molecule has 4 rings (SSSR count). The summed E-state index contributed by atoms with van der Waals surface area (Å²) >= 11 is 0. The van der Waals surface area contributed by atoms with E-state index < -0.39 is 17.4 Å². The van der Waals surface area contributed by atoms with Crippen LogP contribution in [0.15, 0.2) is 24.5 Å². The molecule has 0 unspecified atom stereocenters. The Labute approximate surface area is 210 Å². The summed E-state index contributed by atoms with van der Waals surface area (Å²) in [7, 11) is 4.34. The number of fused-ring (bicyclic) bond motifs is 1. The van der Waals surface area contributed by atoms with E-state index in [0.29, 0.717) is 17.1 Å². The average Bonchev–Trinajstić information content (AvgIpc) is 3.13. The van der Waals surface area contributed by atoms with Crippen molar-refractivity contribution in [3.8, 4) is 11.5 Å². The van der Waals surface area contributed by atoms with Crippen LogP contribution in [0.3, 0.4) is 0 Å². The maximum atomic E-state index is 13.9. The van der Waals surface area contributed by atoms with Gasteiger partial charge >= 0.3 is 5.97 Å². The molecular formula is C26H34N4O6. The van der Waals surface area contributed by atoms with Crippen LogP contribution in [-0.2, 0) is 22.6 Å². The quantitative estimate of drug-likeness (QED) is 0.461. The molecule has 36 heavy (non-hydrogen) atoms. The molecule has 1 aliphatic heterocycles. The number of amides is 2. The summed E-state index contributed by atoms with van der Waals surface area (Å²) in [6, 6.07) is 5.39. The molecule has 1 saturated carbocycles. The maximum absolute atomic E-state index is 13.9. The monoisotopic (exact) mass is 498 g/mol. The third-order valence-corrected chi connectivity index (χ3v) is 7.24. The second kappa shape index (κ2) is 10.6. The number of carbonyl (C=O) groups is 3. The van der Waals surface area contributed by atoms with Crippen molar-refractivity contribution in [1.82, 2.24) is 19.8 Å². The molecule has 1 fully saturated rings. The fourth-order valence-corrected chi connectivity index (χ4v) is 5.10. The summed E-state index contributed by atoms with van der Waals surface area (Å²) in [6.07, 6.45) is 7.74. The Balaban J connectivity index is 1.73. The summed E-state index contributed by atoms with van der Waals surface area (Å²) in [5.41, 5.74) is -0.489. The van der Waals surface area contributed by atoms with Crippen LogP contribution in [-0.4, -0.2) is 65.1 Å². The van der Waals surface area contributed by atoms with Crippen LogP contribution in [0, 0.1) is 0 Å². The molecule has 2 aromatic rings. The van der Waals surface area contributed by atoms with Gasteiger partial charge in [-0.2, -0.15) is 0 Å². The zero-order chi connectivity index (χ0) is 25.9. The van der Waals surface area contributed by atoms with Gasteiger partial charge in [0.1, 0.15) is 22.7 Å². The number of esters is 1. The highest BCUT2D eigenvalue weighted by molar-refractivity contribution is 6.06. The van der Waals surface area contributed by atoms with Gasteiger partial charge in [0.2, 0.25) is 5.91 Å². The van der Waals surface area contributed by atoms with Crippen LogP contribution >= 0.6 is 0 Å². The highest BCUT2D eigenvalue weighted by Crippen LogP contribution is 2.34. The fourth-order valence-electron chi connectivity index (χ4n) is 5.10. The molecule has 2 heterocycles.